The lowest BCUT2D eigenvalue weighted by atomic mass is 9.90. The van der Waals surface area contributed by atoms with E-state index in [0.717, 1.165) is 12.1 Å². The van der Waals surface area contributed by atoms with E-state index in [1.54, 1.807) is 0 Å². The zero-order valence-corrected chi connectivity index (χ0v) is 14.0. The summed E-state index contributed by atoms with van der Waals surface area (Å²) in [6.07, 6.45) is -4.25. The lowest BCUT2D eigenvalue weighted by molar-refractivity contribution is -0.274. The average Bonchev–Trinajstić information content (AvgIpc) is 2.81. The van der Waals surface area contributed by atoms with Crippen LogP contribution in [0.1, 0.15) is 13.3 Å². The second-order valence-electron chi connectivity index (χ2n) is 5.63. The minimum absolute atomic E-state index is 0. The van der Waals surface area contributed by atoms with Gasteiger partial charge in [0.2, 0.25) is 10.0 Å². The fourth-order valence-corrected chi connectivity index (χ4v) is 3.96. The van der Waals surface area contributed by atoms with Crippen molar-refractivity contribution in [3.05, 3.63) is 24.3 Å². The summed E-state index contributed by atoms with van der Waals surface area (Å²) in [7, 11) is -3.87. The number of alkyl halides is 3. The number of rotatable bonds is 4. The molecule has 1 heterocycles. The summed E-state index contributed by atoms with van der Waals surface area (Å²) in [6.45, 7) is 2.76. The van der Waals surface area contributed by atoms with Gasteiger partial charge >= 0.3 is 6.36 Å². The quantitative estimate of drug-likeness (QED) is 0.878. The Balaban J connectivity index is 0.00000264. The van der Waals surface area contributed by atoms with E-state index in [-0.39, 0.29) is 29.3 Å². The largest absolute Gasteiger partial charge is 0.573 e. The van der Waals surface area contributed by atoms with Gasteiger partial charge in [-0.15, -0.1) is 25.6 Å². The third-order valence-electron chi connectivity index (χ3n) is 3.69. The van der Waals surface area contributed by atoms with E-state index in [2.05, 4.69) is 4.74 Å². The molecule has 0 amide bonds. The fraction of sp³-hybridized carbons (Fsp3) is 0.538. The number of hydrogen-bond acceptors (Lipinski definition) is 4. The molecule has 1 unspecified atom stereocenters. The molecule has 0 spiro atoms. The molecule has 10 heteroatoms. The monoisotopic (exact) mass is 374 g/mol. The van der Waals surface area contributed by atoms with Gasteiger partial charge in [0, 0.05) is 19.2 Å². The van der Waals surface area contributed by atoms with E-state index < -0.39 is 22.1 Å². The third kappa shape index (κ3) is 4.72. The average molecular weight is 375 g/mol. The Bertz CT molecular complexity index is 654. The van der Waals surface area contributed by atoms with Crippen molar-refractivity contribution in [1.82, 2.24) is 4.31 Å². The summed E-state index contributed by atoms with van der Waals surface area (Å²) in [4.78, 5) is -0.226. The first-order chi connectivity index (χ1) is 10.1. The van der Waals surface area contributed by atoms with Gasteiger partial charge < -0.3 is 10.5 Å². The van der Waals surface area contributed by atoms with E-state index in [4.69, 9.17) is 5.73 Å². The van der Waals surface area contributed by atoms with Crippen molar-refractivity contribution in [2.24, 2.45) is 11.1 Å². The van der Waals surface area contributed by atoms with Crippen LogP contribution in [0.2, 0.25) is 0 Å². The van der Waals surface area contributed by atoms with Crippen LogP contribution in [0.4, 0.5) is 13.2 Å². The van der Waals surface area contributed by atoms with Gasteiger partial charge in [-0.3, -0.25) is 0 Å². The second kappa shape index (κ2) is 6.84. The number of sulfonamides is 1. The summed E-state index contributed by atoms with van der Waals surface area (Å²) >= 11 is 0. The van der Waals surface area contributed by atoms with Crippen LogP contribution < -0.4 is 10.5 Å². The molecule has 132 valence electrons. The predicted molar refractivity (Wildman–Crippen MR) is 80.9 cm³/mol. The number of nitrogens with zero attached hydrogens (tertiary/aromatic N) is 1. The molecule has 0 aliphatic carbocycles. The van der Waals surface area contributed by atoms with Gasteiger partial charge in [0.05, 0.1) is 4.90 Å². The molecule has 5 nitrogen and oxygen atoms in total. The Hall–Kier alpha value is -1.03. The molecule has 1 saturated heterocycles. The van der Waals surface area contributed by atoms with Crippen molar-refractivity contribution < 1.29 is 26.3 Å². The van der Waals surface area contributed by atoms with E-state index in [1.807, 2.05) is 6.92 Å². The van der Waals surface area contributed by atoms with Crippen molar-refractivity contribution in [2.45, 2.75) is 24.6 Å². The number of halogens is 4. The molecule has 1 aromatic rings. The van der Waals surface area contributed by atoms with Crippen LogP contribution in [0.25, 0.3) is 0 Å². The molecule has 1 fully saturated rings. The van der Waals surface area contributed by atoms with Crippen LogP contribution in [0.5, 0.6) is 5.75 Å². The first-order valence-electron chi connectivity index (χ1n) is 6.62. The molecule has 0 aromatic heterocycles. The first-order valence-corrected chi connectivity index (χ1v) is 8.06. The molecule has 2 N–H and O–H groups in total. The highest BCUT2D eigenvalue weighted by Gasteiger charge is 2.39. The van der Waals surface area contributed by atoms with Gasteiger partial charge in [-0.2, -0.15) is 4.31 Å². The van der Waals surface area contributed by atoms with E-state index in [9.17, 15) is 21.6 Å². The number of hydrogen-bond donors (Lipinski definition) is 1. The van der Waals surface area contributed by atoms with Crippen LogP contribution in [0.3, 0.4) is 0 Å². The molecule has 0 saturated carbocycles. The Labute approximate surface area is 139 Å². The molecular weight excluding hydrogens is 357 g/mol. The highest BCUT2D eigenvalue weighted by Crippen LogP contribution is 2.33. The van der Waals surface area contributed by atoms with Crippen LogP contribution in [0.15, 0.2) is 29.2 Å². The maximum absolute atomic E-state index is 12.5. The van der Waals surface area contributed by atoms with Crippen molar-refractivity contribution in [3.63, 3.8) is 0 Å². The number of benzene rings is 1. The Morgan fingerprint density at radius 1 is 1.39 bits per heavy atom. The second-order valence-corrected chi connectivity index (χ2v) is 7.56. The summed E-state index contributed by atoms with van der Waals surface area (Å²) in [5.74, 6) is -0.561. The number of ether oxygens (including phenoxy) is 1. The van der Waals surface area contributed by atoms with Gasteiger partial charge in [0.15, 0.2) is 0 Å². The lowest BCUT2D eigenvalue weighted by Crippen LogP contribution is -2.34. The summed E-state index contributed by atoms with van der Waals surface area (Å²) in [5, 5.41) is 0. The number of nitrogens with two attached hydrogens (primary N) is 1. The minimum atomic E-state index is -4.87. The molecule has 1 aliphatic rings. The zero-order valence-electron chi connectivity index (χ0n) is 12.3. The highest BCUT2D eigenvalue weighted by molar-refractivity contribution is 7.89. The van der Waals surface area contributed by atoms with Gasteiger partial charge in [-0.05, 0) is 30.5 Å². The maximum Gasteiger partial charge on any atom is 0.573 e. The smallest absolute Gasteiger partial charge is 0.406 e. The molecule has 0 radical (unpaired) electrons. The molecule has 1 atom stereocenters. The molecule has 23 heavy (non-hydrogen) atoms. The topological polar surface area (TPSA) is 72.6 Å². The van der Waals surface area contributed by atoms with Crippen LogP contribution in [-0.4, -0.2) is 38.7 Å². The zero-order chi connectivity index (χ0) is 16.6. The van der Waals surface area contributed by atoms with E-state index >= 15 is 0 Å². The third-order valence-corrected chi connectivity index (χ3v) is 5.53. The summed E-state index contributed by atoms with van der Waals surface area (Å²) in [5.41, 5.74) is 5.33. The van der Waals surface area contributed by atoms with E-state index in [0.29, 0.717) is 19.5 Å². The van der Waals surface area contributed by atoms with Gasteiger partial charge in [0.25, 0.3) is 0 Å². The molecule has 1 aromatic carbocycles. The highest BCUT2D eigenvalue weighted by atomic mass is 35.5. The van der Waals surface area contributed by atoms with Gasteiger partial charge in [-0.1, -0.05) is 13.0 Å². The minimum Gasteiger partial charge on any atom is -0.406 e. The fourth-order valence-electron chi connectivity index (χ4n) is 2.33. The maximum atomic E-state index is 12.5. The lowest BCUT2D eigenvalue weighted by Gasteiger charge is -2.22. The molecular formula is C13H18ClF3N2O3S. The van der Waals surface area contributed by atoms with Crippen LogP contribution in [-0.2, 0) is 10.0 Å². The van der Waals surface area contributed by atoms with Crippen molar-refractivity contribution >= 4 is 22.4 Å². The molecule has 2 rings (SSSR count). The van der Waals surface area contributed by atoms with Crippen LogP contribution >= 0.6 is 12.4 Å². The SMILES string of the molecule is CC1(CN)CCN(S(=O)(=O)c2cccc(OC(F)(F)F)c2)C1.Cl. The Morgan fingerprint density at radius 2 is 2.04 bits per heavy atom. The van der Waals surface area contributed by atoms with E-state index in [1.165, 1.54) is 16.4 Å². The standard InChI is InChI=1S/C13H17F3N2O3S.ClH/c1-12(8-17)5-6-18(9-12)22(19,20)11-4-2-3-10(7-11)21-13(14,15)16;/h2-4,7H,5-6,8-9,17H2,1H3;1H. The Morgan fingerprint density at radius 3 is 2.57 bits per heavy atom. The molecule has 1 aliphatic heterocycles. The first kappa shape index (κ1) is 20.0. The van der Waals surface area contributed by atoms with Gasteiger partial charge in [0.1, 0.15) is 5.75 Å². The Kier molecular flexibility index (Phi) is 5.95. The van der Waals surface area contributed by atoms with Crippen molar-refractivity contribution in [1.29, 1.82) is 0 Å². The normalized spacial score (nSPS) is 22.7. The molecule has 0 bridgehead atoms. The van der Waals surface area contributed by atoms with Crippen molar-refractivity contribution in [2.75, 3.05) is 19.6 Å². The van der Waals surface area contributed by atoms with Crippen molar-refractivity contribution in [3.8, 4) is 5.75 Å². The summed E-state index contributed by atoms with van der Waals surface area (Å²) < 4.78 is 66.7. The predicted octanol–water partition coefficient (Wildman–Crippen LogP) is 2.37. The van der Waals surface area contributed by atoms with Crippen LogP contribution in [0, 0.1) is 5.41 Å². The van der Waals surface area contributed by atoms with Gasteiger partial charge in [-0.25, -0.2) is 8.42 Å². The summed E-state index contributed by atoms with van der Waals surface area (Å²) in [6, 6.07) is 4.39.